The number of rotatable bonds is 5. The summed E-state index contributed by atoms with van der Waals surface area (Å²) in [6.45, 7) is 2.34. The van der Waals surface area contributed by atoms with E-state index in [1.54, 1.807) is 15.7 Å². The highest BCUT2D eigenvalue weighted by Gasteiger charge is 2.34. The lowest BCUT2D eigenvalue weighted by Gasteiger charge is -2.37. The molecular formula is C14H29N3O2S. The molecule has 2 aliphatic rings. The lowest BCUT2D eigenvalue weighted by atomic mass is 9.96. The lowest BCUT2D eigenvalue weighted by Crippen LogP contribution is -2.50. The van der Waals surface area contributed by atoms with Gasteiger partial charge in [-0.1, -0.05) is 19.3 Å². The van der Waals surface area contributed by atoms with E-state index >= 15 is 0 Å². The average molecular weight is 303 g/mol. The summed E-state index contributed by atoms with van der Waals surface area (Å²) >= 11 is 0. The molecule has 118 valence electrons. The second kappa shape index (κ2) is 7.20. The van der Waals surface area contributed by atoms with E-state index in [0.717, 1.165) is 45.1 Å². The minimum absolute atomic E-state index is 0.212. The molecule has 0 aromatic rings. The van der Waals surface area contributed by atoms with Crippen molar-refractivity contribution in [3.05, 3.63) is 0 Å². The molecule has 1 heterocycles. The predicted molar refractivity (Wildman–Crippen MR) is 81.8 cm³/mol. The number of nitrogens with zero attached hydrogens (tertiary/aromatic N) is 2. The Morgan fingerprint density at radius 1 is 1.10 bits per heavy atom. The number of nitrogens with one attached hydrogen (secondary N) is 1. The van der Waals surface area contributed by atoms with Gasteiger partial charge in [-0.15, -0.1) is 0 Å². The van der Waals surface area contributed by atoms with Crippen LogP contribution in [0.4, 0.5) is 0 Å². The summed E-state index contributed by atoms with van der Waals surface area (Å²) in [7, 11) is 0.473. The molecule has 5 nitrogen and oxygen atoms in total. The van der Waals surface area contributed by atoms with Gasteiger partial charge in [0.15, 0.2) is 0 Å². The van der Waals surface area contributed by atoms with E-state index in [1.807, 2.05) is 7.05 Å². The monoisotopic (exact) mass is 303 g/mol. The molecule has 6 heteroatoms. The van der Waals surface area contributed by atoms with E-state index in [9.17, 15) is 8.42 Å². The number of piperidine rings is 1. The molecular weight excluding hydrogens is 274 g/mol. The Kier molecular flexibility index (Phi) is 5.84. The van der Waals surface area contributed by atoms with Crippen LogP contribution in [0.15, 0.2) is 0 Å². The van der Waals surface area contributed by atoms with E-state index in [4.69, 9.17) is 0 Å². The van der Waals surface area contributed by atoms with Crippen LogP contribution in [0.1, 0.15) is 44.9 Å². The maximum absolute atomic E-state index is 12.7. The first-order chi connectivity index (χ1) is 9.55. The van der Waals surface area contributed by atoms with Crippen LogP contribution < -0.4 is 5.32 Å². The normalized spacial score (nSPS) is 24.4. The largest absolute Gasteiger partial charge is 0.319 e. The molecule has 1 aliphatic heterocycles. The van der Waals surface area contributed by atoms with Gasteiger partial charge in [0.2, 0.25) is 0 Å². The molecule has 1 saturated carbocycles. The third kappa shape index (κ3) is 3.72. The van der Waals surface area contributed by atoms with Crippen LogP contribution in [0.25, 0.3) is 0 Å². The van der Waals surface area contributed by atoms with Gasteiger partial charge in [-0.25, -0.2) is 0 Å². The van der Waals surface area contributed by atoms with Crippen LogP contribution in [-0.2, 0) is 10.2 Å². The average Bonchev–Trinajstić information content (AvgIpc) is 2.48. The Hall–Kier alpha value is -0.170. The fraction of sp³-hybridized carbons (Fsp3) is 1.00. The molecule has 0 bridgehead atoms. The van der Waals surface area contributed by atoms with Crippen molar-refractivity contribution in [1.82, 2.24) is 13.9 Å². The number of hydrogen-bond acceptors (Lipinski definition) is 3. The predicted octanol–water partition coefficient (Wildman–Crippen LogP) is 1.43. The molecule has 1 saturated heterocycles. The first-order valence-electron chi connectivity index (χ1n) is 7.93. The van der Waals surface area contributed by atoms with Gasteiger partial charge in [-0.2, -0.15) is 17.0 Å². The summed E-state index contributed by atoms with van der Waals surface area (Å²) in [4.78, 5) is 0. The minimum atomic E-state index is -3.25. The van der Waals surface area contributed by atoms with E-state index in [0.29, 0.717) is 19.0 Å². The fourth-order valence-corrected chi connectivity index (χ4v) is 5.07. The Labute approximate surface area is 123 Å². The third-order valence-electron chi connectivity index (χ3n) is 4.85. The standard InChI is InChI=1S/C14H29N3O2S/c1-15-12-13-8-10-17(11-9-13)20(18,19)16(2)14-6-4-3-5-7-14/h13-15H,3-12H2,1-2H3. The molecule has 0 aromatic carbocycles. The van der Waals surface area contributed by atoms with E-state index in [1.165, 1.54) is 6.42 Å². The molecule has 20 heavy (non-hydrogen) atoms. The second-order valence-corrected chi connectivity index (χ2v) is 8.20. The number of hydrogen-bond donors (Lipinski definition) is 1. The molecule has 0 aromatic heterocycles. The van der Waals surface area contributed by atoms with Crippen molar-refractivity contribution in [3.63, 3.8) is 0 Å². The summed E-state index contributed by atoms with van der Waals surface area (Å²) in [5.41, 5.74) is 0. The van der Waals surface area contributed by atoms with Gasteiger partial charge in [-0.05, 0) is 45.2 Å². The van der Waals surface area contributed by atoms with Crippen molar-refractivity contribution in [2.24, 2.45) is 5.92 Å². The van der Waals surface area contributed by atoms with E-state index < -0.39 is 10.2 Å². The quantitative estimate of drug-likeness (QED) is 0.836. The van der Waals surface area contributed by atoms with Crippen molar-refractivity contribution < 1.29 is 8.42 Å². The zero-order valence-electron chi connectivity index (χ0n) is 12.8. The highest BCUT2D eigenvalue weighted by molar-refractivity contribution is 7.86. The third-order valence-corrected chi connectivity index (χ3v) is 6.89. The van der Waals surface area contributed by atoms with Gasteiger partial charge < -0.3 is 5.32 Å². The summed E-state index contributed by atoms with van der Waals surface area (Å²) in [6, 6.07) is 0.212. The SMILES string of the molecule is CNCC1CCN(S(=O)(=O)N(C)C2CCCCC2)CC1. The molecule has 2 rings (SSSR count). The van der Waals surface area contributed by atoms with E-state index in [2.05, 4.69) is 5.32 Å². The molecule has 0 amide bonds. The lowest BCUT2D eigenvalue weighted by molar-refractivity contribution is 0.230. The highest BCUT2D eigenvalue weighted by Crippen LogP contribution is 2.26. The first kappa shape index (κ1) is 16.2. The van der Waals surface area contributed by atoms with Gasteiger partial charge >= 0.3 is 0 Å². The van der Waals surface area contributed by atoms with Crippen molar-refractivity contribution in [2.75, 3.05) is 33.7 Å². The maximum atomic E-state index is 12.7. The summed E-state index contributed by atoms with van der Waals surface area (Å²) in [5.74, 6) is 0.617. The van der Waals surface area contributed by atoms with Gasteiger partial charge in [0.25, 0.3) is 10.2 Å². The van der Waals surface area contributed by atoms with Crippen LogP contribution in [0, 0.1) is 5.92 Å². The Morgan fingerprint density at radius 3 is 2.25 bits per heavy atom. The first-order valence-corrected chi connectivity index (χ1v) is 9.33. The zero-order chi connectivity index (χ0) is 14.6. The van der Waals surface area contributed by atoms with Crippen LogP contribution in [0.3, 0.4) is 0 Å². The summed E-state index contributed by atoms with van der Waals surface area (Å²) < 4.78 is 28.7. The maximum Gasteiger partial charge on any atom is 0.281 e. The minimum Gasteiger partial charge on any atom is -0.319 e. The molecule has 0 radical (unpaired) electrons. The van der Waals surface area contributed by atoms with Crippen molar-refractivity contribution in [1.29, 1.82) is 0 Å². The molecule has 0 unspecified atom stereocenters. The summed E-state index contributed by atoms with van der Waals surface area (Å²) in [5, 5.41) is 3.19. The van der Waals surface area contributed by atoms with Gasteiger partial charge in [0, 0.05) is 26.2 Å². The molecule has 0 atom stereocenters. The van der Waals surface area contributed by atoms with Crippen LogP contribution in [0.5, 0.6) is 0 Å². The summed E-state index contributed by atoms with van der Waals surface area (Å²) in [6.07, 6.45) is 7.55. The van der Waals surface area contributed by atoms with Crippen LogP contribution in [-0.4, -0.2) is 56.8 Å². The van der Waals surface area contributed by atoms with Crippen LogP contribution in [0.2, 0.25) is 0 Å². The Bertz CT molecular complexity index is 385. The topological polar surface area (TPSA) is 52.7 Å². The molecule has 1 N–H and O–H groups in total. The zero-order valence-corrected chi connectivity index (χ0v) is 13.7. The smallest absolute Gasteiger partial charge is 0.281 e. The molecule has 2 fully saturated rings. The van der Waals surface area contributed by atoms with Gasteiger partial charge in [-0.3, -0.25) is 0 Å². The fourth-order valence-electron chi connectivity index (χ4n) is 3.45. The van der Waals surface area contributed by atoms with Gasteiger partial charge in [0.05, 0.1) is 0 Å². The van der Waals surface area contributed by atoms with Crippen molar-refractivity contribution >= 4 is 10.2 Å². The second-order valence-electron chi connectivity index (χ2n) is 6.22. The van der Waals surface area contributed by atoms with Crippen LogP contribution >= 0.6 is 0 Å². The molecule has 1 aliphatic carbocycles. The van der Waals surface area contributed by atoms with Crippen molar-refractivity contribution in [2.45, 2.75) is 51.0 Å². The van der Waals surface area contributed by atoms with Gasteiger partial charge in [0.1, 0.15) is 0 Å². The highest BCUT2D eigenvalue weighted by atomic mass is 32.2. The Balaban J connectivity index is 1.93. The van der Waals surface area contributed by atoms with Crippen molar-refractivity contribution in [3.8, 4) is 0 Å². The molecule has 0 spiro atoms. The Morgan fingerprint density at radius 2 is 1.70 bits per heavy atom. The van der Waals surface area contributed by atoms with E-state index in [-0.39, 0.29) is 6.04 Å².